The van der Waals surface area contributed by atoms with Crippen LogP contribution < -0.4 is 5.32 Å². The molecule has 0 saturated carbocycles. The fourth-order valence-electron chi connectivity index (χ4n) is 2.28. The van der Waals surface area contributed by atoms with Crippen LogP contribution in [0.4, 0.5) is 0 Å². The van der Waals surface area contributed by atoms with Crippen LogP contribution in [0, 0.1) is 0 Å². The SMILES string of the molecule is O=C(/C=C/c1ccccc1Cl)NC(=S)N1CCCCCC1. The van der Waals surface area contributed by atoms with Crippen molar-refractivity contribution in [1.82, 2.24) is 10.2 Å². The molecule has 1 fully saturated rings. The Morgan fingerprint density at radius 1 is 1.19 bits per heavy atom. The van der Waals surface area contributed by atoms with Gasteiger partial charge in [-0.1, -0.05) is 42.6 Å². The van der Waals surface area contributed by atoms with E-state index in [-0.39, 0.29) is 5.91 Å². The van der Waals surface area contributed by atoms with Crippen molar-refractivity contribution in [3.8, 4) is 0 Å². The van der Waals surface area contributed by atoms with E-state index in [9.17, 15) is 4.79 Å². The first-order chi connectivity index (χ1) is 10.2. The molecule has 1 heterocycles. The van der Waals surface area contributed by atoms with E-state index >= 15 is 0 Å². The van der Waals surface area contributed by atoms with Crippen molar-refractivity contribution >= 4 is 40.9 Å². The van der Waals surface area contributed by atoms with Crippen LogP contribution in [0.3, 0.4) is 0 Å². The lowest BCUT2D eigenvalue weighted by Gasteiger charge is -2.22. The fourth-order valence-corrected chi connectivity index (χ4v) is 2.76. The molecule has 1 aromatic carbocycles. The lowest BCUT2D eigenvalue weighted by atomic mass is 10.2. The first-order valence-electron chi connectivity index (χ1n) is 7.19. The number of likely N-dealkylation sites (tertiary alicyclic amines) is 1. The molecule has 1 aromatic rings. The van der Waals surface area contributed by atoms with Crippen LogP contribution in [0.2, 0.25) is 5.02 Å². The predicted molar refractivity (Wildman–Crippen MR) is 91.3 cm³/mol. The Labute approximate surface area is 136 Å². The molecule has 0 bridgehead atoms. The highest BCUT2D eigenvalue weighted by atomic mass is 35.5. The summed E-state index contributed by atoms with van der Waals surface area (Å²) >= 11 is 11.3. The van der Waals surface area contributed by atoms with Crippen molar-refractivity contribution in [3.05, 3.63) is 40.9 Å². The van der Waals surface area contributed by atoms with Gasteiger partial charge in [0.2, 0.25) is 5.91 Å². The van der Waals surface area contributed by atoms with Crippen molar-refractivity contribution in [1.29, 1.82) is 0 Å². The monoisotopic (exact) mass is 322 g/mol. The van der Waals surface area contributed by atoms with Gasteiger partial charge in [0.05, 0.1) is 0 Å². The number of hydrogen-bond donors (Lipinski definition) is 1. The summed E-state index contributed by atoms with van der Waals surface area (Å²) in [5.74, 6) is -0.218. The van der Waals surface area contributed by atoms with Gasteiger partial charge in [-0.15, -0.1) is 0 Å². The first kappa shape index (κ1) is 16.0. The molecule has 3 nitrogen and oxygen atoms in total. The van der Waals surface area contributed by atoms with Gasteiger partial charge in [-0.05, 0) is 42.8 Å². The molecule has 2 rings (SSSR count). The number of carbonyl (C=O) groups is 1. The fraction of sp³-hybridized carbons (Fsp3) is 0.375. The minimum atomic E-state index is -0.218. The third kappa shape index (κ3) is 5.14. The molecule has 5 heteroatoms. The van der Waals surface area contributed by atoms with E-state index in [0.717, 1.165) is 31.5 Å². The minimum Gasteiger partial charge on any atom is -0.349 e. The van der Waals surface area contributed by atoms with E-state index in [0.29, 0.717) is 10.1 Å². The number of amides is 1. The Morgan fingerprint density at radius 3 is 2.52 bits per heavy atom. The van der Waals surface area contributed by atoms with Crippen molar-refractivity contribution in [2.45, 2.75) is 25.7 Å². The molecule has 1 amide bonds. The molecule has 1 saturated heterocycles. The van der Waals surface area contributed by atoms with Gasteiger partial charge in [0.15, 0.2) is 5.11 Å². The average Bonchev–Trinajstić information content (AvgIpc) is 2.75. The normalized spacial score (nSPS) is 15.8. The number of hydrogen-bond acceptors (Lipinski definition) is 2. The summed E-state index contributed by atoms with van der Waals surface area (Å²) in [6.45, 7) is 1.85. The molecule has 1 aliphatic rings. The molecular formula is C16H19ClN2OS. The second-order valence-corrected chi connectivity index (χ2v) is 5.84. The Morgan fingerprint density at radius 2 is 1.86 bits per heavy atom. The van der Waals surface area contributed by atoms with Gasteiger partial charge < -0.3 is 4.90 Å². The molecule has 21 heavy (non-hydrogen) atoms. The molecule has 112 valence electrons. The quantitative estimate of drug-likeness (QED) is 0.666. The summed E-state index contributed by atoms with van der Waals surface area (Å²) in [5.41, 5.74) is 0.815. The van der Waals surface area contributed by atoms with Crippen LogP contribution in [-0.2, 0) is 4.79 Å². The second-order valence-electron chi connectivity index (χ2n) is 5.05. The van der Waals surface area contributed by atoms with Gasteiger partial charge in [0.1, 0.15) is 0 Å². The third-order valence-corrected chi connectivity index (χ3v) is 4.15. The summed E-state index contributed by atoms with van der Waals surface area (Å²) in [5, 5.41) is 3.90. The van der Waals surface area contributed by atoms with Crippen LogP contribution in [0.25, 0.3) is 6.08 Å². The highest BCUT2D eigenvalue weighted by molar-refractivity contribution is 7.80. The van der Waals surface area contributed by atoms with Gasteiger partial charge in [0.25, 0.3) is 0 Å². The van der Waals surface area contributed by atoms with E-state index in [2.05, 4.69) is 10.2 Å². The van der Waals surface area contributed by atoms with Gasteiger partial charge in [-0.3, -0.25) is 10.1 Å². The zero-order valence-electron chi connectivity index (χ0n) is 11.8. The summed E-state index contributed by atoms with van der Waals surface area (Å²) in [6, 6.07) is 7.39. The van der Waals surface area contributed by atoms with Gasteiger partial charge in [-0.25, -0.2) is 0 Å². The number of nitrogens with zero attached hydrogens (tertiary/aromatic N) is 1. The molecule has 1 N–H and O–H groups in total. The maximum absolute atomic E-state index is 11.9. The maximum atomic E-state index is 11.9. The topological polar surface area (TPSA) is 32.3 Å². The number of rotatable bonds is 2. The summed E-state index contributed by atoms with van der Waals surface area (Å²) < 4.78 is 0. The van der Waals surface area contributed by atoms with Gasteiger partial charge >= 0.3 is 0 Å². The van der Waals surface area contributed by atoms with E-state index in [1.54, 1.807) is 12.1 Å². The molecule has 0 unspecified atom stereocenters. The van der Waals surface area contributed by atoms with Crippen molar-refractivity contribution in [2.75, 3.05) is 13.1 Å². The smallest absolute Gasteiger partial charge is 0.250 e. The Kier molecular flexibility index (Phi) is 6.21. The van der Waals surface area contributed by atoms with E-state index < -0.39 is 0 Å². The Bertz CT molecular complexity index is 537. The van der Waals surface area contributed by atoms with E-state index in [1.165, 1.54) is 18.9 Å². The zero-order chi connectivity index (χ0) is 15.1. The van der Waals surface area contributed by atoms with Crippen LogP contribution in [0.1, 0.15) is 31.2 Å². The van der Waals surface area contributed by atoms with Crippen LogP contribution >= 0.6 is 23.8 Å². The molecule has 0 aliphatic carbocycles. The average molecular weight is 323 g/mol. The number of nitrogens with one attached hydrogen (secondary N) is 1. The number of thiocarbonyl (C=S) groups is 1. The summed E-state index contributed by atoms with van der Waals surface area (Å²) in [6.07, 6.45) is 7.89. The van der Waals surface area contributed by atoms with E-state index in [4.69, 9.17) is 23.8 Å². The lowest BCUT2D eigenvalue weighted by molar-refractivity contribution is -0.115. The van der Waals surface area contributed by atoms with Crippen LogP contribution in [0.5, 0.6) is 0 Å². The summed E-state index contributed by atoms with van der Waals surface area (Å²) in [4.78, 5) is 14.0. The second kappa shape index (κ2) is 8.15. The van der Waals surface area contributed by atoms with Crippen LogP contribution in [-0.4, -0.2) is 29.0 Å². The molecule has 0 radical (unpaired) electrons. The highest BCUT2D eigenvalue weighted by Gasteiger charge is 2.13. The highest BCUT2D eigenvalue weighted by Crippen LogP contribution is 2.16. The number of benzene rings is 1. The van der Waals surface area contributed by atoms with Gasteiger partial charge in [0, 0.05) is 24.2 Å². The molecule has 0 aromatic heterocycles. The zero-order valence-corrected chi connectivity index (χ0v) is 13.4. The predicted octanol–water partition coefficient (Wildman–Crippen LogP) is 3.63. The number of halogens is 1. The minimum absolute atomic E-state index is 0.218. The number of carbonyl (C=O) groups excluding carboxylic acids is 1. The first-order valence-corrected chi connectivity index (χ1v) is 7.98. The van der Waals surface area contributed by atoms with Crippen molar-refractivity contribution in [2.24, 2.45) is 0 Å². The van der Waals surface area contributed by atoms with Crippen LogP contribution in [0.15, 0.2) is 30.3 Å². The molecule has 1 aliphatic heterocycles. The third-order valence-electron chi connectivity index (χ3n) is 3.44. The lowest BCUT2D eigenvalue weighted by Crippen LogP contribution is -2.42. The molecular weight excluding hydrogens is 304 g/mol. The van der Waals surface area contributed by atoms with Gasteiger partial charge in [-0.2, -0.15) is 0 Å². The Hall–Kier alpha value is -1.39. The maximum Gasteiger partial charge on any atom is 0.250 e. The molecule has 0 atom stereocenters. The standard InChI is InChI=1S/C16H19ClN2OS/c17-14-8-4-3-7-13(14)9-10-15(20)18-16(21)19-11-5-1-2-6-12-19/h3-4,7-10H,1-2,5-6,11-12H2,(H,18,20,21)/b10-9+. The van der Waals surface area contributed by atoms with Crippen molar-refractivity contribution < 1.29 is 4.79 Å². The molecule has 0 spiro atoms. The largest absolute Gasteiger partial charge is 0.349 e. The van der Waals surface area contributed by atoms with E-state index in [1.807, 2.05) is 18.2 Å². The summed E-state index contributed by atoms with van der Waals surface area (Å²) in [7, 11) is 0. The Balaban J connectivity index is 1.89. The van der Waals surface area contributed by atoms with Crippen molar-refractivity contribution in [3.63, 3.8) is 0 Å².